The van der Waals surface area contributed by atoms with Gasteiger partial charge in [-0.25, -0.2) is 4.98 Å². The number of piperidine rings is 2. The van der Waals surface area contributed by atoms with Gasteiger partial charge in [0.15, 0.2) is 0 Å². The maximum atomic E-state index is 13.2. The summed E-state index contributed by atoms with van der Waals surface area (Å²) in [7, 11) is 0. The Labute approximate surface area is 177 Å². The van der Waals surface area contributed by atoms with E-state index >= 15 is 0 Å². The van der Waals surface area contributed by atoms with Gasteiger partial charge in [0, 0.05) is 24.7 Å². The van der Waals surface area contributed by atoms with Crippen molar-refractivity contribution >= 4 is 17.2 Å². The fourth-order valence-corrected chi connectivity index (χ4v) is 5.48. The molecule has 0 unspecified atom stereocenters. The fourth-order valence-electron chi connectivity index (χ4n) is 4.44. The Morgan fingerprint density at radius 1 is 1.10 bits per heavy atom. The van der Waals surface area contributed by atoms with E-state index in [1.165, 1.54) is 43.7 Å². The second kappa shape index (κ2) is 9.26. The monoisotopic (exact) mass is 413 g/mol. The topological polar surface area (TPSA) is 45.7 Å². The minimum absolute atomic E-state index is 0.147. The predicted molar refractivity (Wildman–Crippen MR) is 118 cm³/mol. The minimum Gasteiger partial charge on any atom is -0.494 e. The number of thiazole rings is 1. The van der Waals surface area contributed by atoms with Gasteiger partial charge in [0.05, 0.1) is 12.3 Å². The molecular weight excluding hydrogens is 382 g/mol. The molecule has 156 valence electrons. The molecule has 6 heteroatoms. The third-order valence-corrected chi connectivity index (χ3v) is 7.26. The van der Waals surface area contributed by atoms with Gasteiger partial charge in [0.2, 0.25) is 0 Å². The third-order valence-electron chi connectivity index (χ3n) is 6.06. The van der Waals surface area contributed by atoms with Crippen molar-refractivity contribution in [1.82, 2.24) is 14.8 Å². The van der Waals surface area contributed by atoms with E-state index in [9.17, 15) is 4.79 Å². The molecule has 0 bridgehead atoms. The zero-order valence-electron chi connectivity index (χ0n) is 17.5. The number of aryl methyl sites for hydroxylation is 1. The molecule has 4 rings (SSSR count). The van der Waals surface area contributed by atoms with E-state index in [0.717, 1.165) is 52.8 Å². The number of hydrogen-bond acceptors (Lipinski definition) is 5. The van der Waals surface area contributed by atoms with Gasteiger partial charge in [-0.15, -0.1) is 11.3 Å². The highest BCUT2D eigenvalue weighted by atomic mass is 32.1. The van der Waals surface area contributed by atoms with Crippen LogP contribution in [0.15, 0.2) is 24.3 Å². The van der Waals surface area contributed by atoms with Gasteiger partial charge in [-0.2, -0.15) is 0 Å². The van der Waals surface area contributed by atoms with Crippen LogP contribution in [0, 0.1) is 6.92 Å². The minimum atomic E-state index is 0.147. The second-order valence-corrected chi connectivity index (χ2v) is 9.01. The first-order chi connectivity index (χ1) is 14.2. The number of carbonyl (C=O) groups excluding carboxylic acids is 1. The van der Waals surface area contributed by atoms with Crippen LogP contribution in [-0.2, 0) is 0 Å². The summed E-state index contributed by atoms with van der Waals surface area (Å²) in [6.07, 6.45) is 6.21. The van der Waals surface area contributed by atoms with Gasteiger partial charge in [-0.3, -0.25) is 4.79 Å². The van der Waals surface area contributed by atoms with Crippen molar-refractivity contribution in [2.75, 3.05) is 32.8 Å². The largest absolute Gasteiger partial charge is 0.494 e. The molecule has 2 aromatic rings. The molecule has 1 aromatic carbocycles. The van der Waals surface area contributed by atoms with Crippen molar-refractivity contribution in [3.63, 3.8) is 0 Å². The number of nitrogens with zero attached hydrogens (tertiary/aromatic N) is 3. The SMILES string of the molecule is CCOc1ccc(-c2nc(C)c(C(=O)N3CCC(N4CCCCC4)CC3)s2)cc1. The Bertz CT molecular complexity index is 819. The number of aromatic nitrogens is 1. The second-order valence-electron chi connectivity index (χ2n) is 8.01. The number of hydrogen-bond donors (Lipinski definition) is 0. The van der Waals surface area contributed by atoms with Crippen LogP contribution in [0.1, 0.15) is 54.4 Å². The molecule has 0 radical (unpaired) electrons. The van der Waals surface area contributed by atoms with Crippen LogP contribution in [0.25, 0.3) is 10.6 Å². The lowest BCUT2D eigenvalue weighted by molar-refractivity contribution is 0.0593. The van der Waals surface area contributed by atoms with E-state index in [1.807, 2.05) is 43.0 Å². The molecule has 29 heavy (non-hydrogen) atoms. The van der Waals surface area contributed by atoms with Crippen LogP contribution in [0.4, 0.5) is 0 Å². The number of benzene rings is 1. The average molecular weight is 414 g/mol. The van der Waals surface area contributed by atoms with Crippen LogP contribution < -0.4 is 4.74 Å². The summed E-state index contributed by atoms with van der Waals surface area (Å²) in [4.78, 5) is 23.3. The van der Waals surface area contributed by atoms with Crippen molar-refractivity contribution in [2.24, 2.45) is 0 Å². The first-order valence-corrected chi connectivity index (χ1v) is 11.7. The quantitative estimate of drug-likeness (QED) is 0.718. The zero-order valence-corrected chi connectivity index (χ0v) is 18.3. The Morgan fingerprint density at radius 2 is 1.79 bits per heavy atom. The first-order valence-electron chi connectivity index (χ1n) is 10.9. The molecule has 2 aliphatic rings. The maximum Gasteiger partial charge on any atom is 0.265 e. The molecule has 0 spiro atoms. The zero-order chi connectivity index (χ0) is 20.2. The van der Waals surface area contributed by atoms with E-state index in [4.69, 9.17) is 4.74 Å². The van der Waals surface area contributed by atoms with Gasteiger partial charge in [-0.05, 0) is 76.9 Å². The van der Waals surface area contributed by atoms with Crippen molar-refractivity contribution in [3.05, 3.63) is 34.8 Å². The van der Waals surface area contributed by atoms with Crippen LogP contribution >= 0.6 is 11.3 Å². The van der Waals surface area contributed by atoms with Gasteiger partial charge < -0.3 is 14.5 Å². The lowest BCUT2D eigenvalue weighted by Gasteiger charge is -2.40. The molecule has 2 fully saturated rings. The molecule has 1 aromatic heterocycles. The van der Waals surface area contributed by atoms with Crippen LogP contribution in [-0.4, -0.2) is 59.5 Å². The Morgan fingerprint density at radius 3 is 2.45 bits per heavy atom. The van der Waals surface area contributed by atoms with Gasteiger partial charge >= 0.3 is 0 Å². The number of amides is 1. The maximum absolute atomic E-state index is 13.2. The van der Waals surface area contributed by atoms with Crippen molar-refractivity contribution in [1.29, 1.82) is 0 Å². The standard InChI is InChI=1S/C23H31N3O2S/c1-3-28-20-9-7-18(8-10-20)22-24-17(2)21(29-22)23(27)26-15-11-19(12-16-26)25-13-5-4-6-14-25/h7-10,19H,3-6,11-16H2,1-2H3. The average Bonchev–Trinajstić information content (AvgIpc) is 3.16. The highest BCUT2D eigenvalue weighted by Crippen LogP contribution is 2.31. The molecule has 1 amide bonds. The van der Waals surface area contributed by atoms with Crippen molar-refractivity contribution in [2.45, 2.75) is 52.0 Å². The Balaban J connectivity index is 1.40. The molecule has 3 heterocycles. The summed E-state index contributed by atoms with van der Waals surface area (Å²) >= 11 is 1.51. The first kappa shape index (κ1) is 20.4. The Hall–Kier alpha value is -1.92. The number of likely N-dealkylation sites (tertiary alicyclic amines) is 2. The number of rotatable bonds is 5. The predicted octanol–water partition coefficient (Wildman–Crippen LogP) is 4.61. The van der Waals surface area contributed by atoms with E-state index in [2.05, 4.69) is 9.88 Å². The summed E-state index contributed by atoms with van der Waals surface area (Å²) in [6.45, 7) is 8.76. The molecule has 0 N–H and O–H groups in total. The van der Waals surface area contributed by atoms with Crippen molar-refractivity contribution in [3.8, 4) is 16.3 Å². The highest BCUT2D eigenvalue weighted by molar-refractivity contribution is 7.17. The Kier molecular flexibility index (Phi) is 6.50. The highest BCUT2D eigenvalue weighted by Gasteiger charge is 2.29. The summed E-state index contributed by atoms with van der Waals surface area (Å²) in [6, 6.07) is 8.61. The lowest BCUT2D eigenvalue weighted by Crippen LogP contribution is -2.48. The summed E-state index contributed by atoms with van der Waals surface area (Å²) in [5.74, 6) is 1.01. The van der Waals surface area contributed by atoms with Gasteiger partial charge in [0.25, 0.3) is 5.91 Å². The van der Waals surface area contributed by atoms with Gasteiger partial charge in [-0.1, -0.05) is 6.42 Å². The van der Waals surface area contributed by atoms with Crippen LogP contribution in [0.2, 0.25) is 0 Å². The third kappa shape index (κ3) is 4.64. The summed E-state index contributed by atoms with van der Waals surface area (Å²) in [5.41, 5.74) is 1.87. The van der Waals surface area contributed by atoms with Gasteiger partial charge in [0.1, 0.15) is 15.6 Å². The van der Waals surface area contributed by atoms with Crippen molar-refractivity contribution < 1.29 is 9.53 Å². The molecule has 0 aliphatic carbocycles. The van der Waals surface area contributed by atoms with E-state index < -0.39 is 0 Å². The molecule has 0 saturated carbocycles. The summed E-state index contributed by atoms with van der Waals surface area (Å²) < 4.78 is 5.51. The van der Waals surface area contributed by atoms with E-state index in [0.29, 0.717) is 12.6 Å². The smallest absolute Gasteiger partial charge is 0.265 e. The van der Waals surface area contributed by atoms with Crippen LogP contribution in [0.3, 0.4) is 0 Å². The van der Waals surface area contributed by atoms with Crippen LogP contribution in [0.5, 0.6) is 5.75 Å². The molecule has 0 atom stereocenters. The normalized spacial score (nSPS) is 18.8. The fraction of sp³-hybridized carbons (Fsp3) is 0.565. The molecule has 2 saturated heterocycles. The molecule has 2 aliphatic heterocycles. The number of carbonyl (C=O) groups is 1. The van der Waals surface area contributed by atoms with E-state index in [1.54, 1.807) is 0 Å². The van der Waals surface area contributed by atoms with E-state index in [-0.39, 0.29) is 5.91 Å². The molecular formula is C23H31N3O2S. The number of ether oxygens (including phenoxy) is 1. The molecule has 5 nitrogen and oxygen atoms in total. The lowest BCUT2D eigenvalue weighted by atomic mass is 10.00. The summed E-state index contributed by atoms with van der Waals surface area (Å²) in [5, 5.41) is 0.900.